The number of hydrogen-bond acceptors (Lipinski definition) is 6. The highest BCUT2D eigenvalue weighted by atomic mass is 16.6. The molecule has 1 atom stereocenters. The maximum Gasteiger partial charge on any atom is 0.306 e. The SMILES string of the molecule is CCCCCCCCCCCCCCCCCC(=O)OC[C@H](COC(=O)CCCCCCCCCCCCC(C)C)OC(=O)CCCCCCCCCCCC(C)C. The summed E-state index contributed by atoms with van der Waals surface area (Å²) in [6.45, 7) is 11.3. The van der Waals surface area contributed by atoms with E-state index in [-0.39, 0.29) is 31.1 Å². The van der Waals surface area contributed by atoms with Crippen LogP contribution < -0.4 is 0 Å². The molecule has 0 N–H and O–H groups in total. The van der Waals surface area contributed by atoms with Gasteiger partial charge in [-0.3, -0.25) is 14.4 Å². The van der Waals surface area contributed by atoms with E-state index in [0.29, 0.717) is 19.3 Å². The van der Waals surface area contributed by atoms with Gasteiger partial charge >= 0.3 is 17.9 Å². The predicted molar refractivity (Wildman–Crippen MR) is 247 cm³/mol. The van der Waals surface area contributed by atoms with Crippen LogP contribution in [0.3, 0.4) is 0 Å². The van der Waals surface area contributed by atoms with Gasteiger partial charge in [0.2, 0.25) is 0 Å². The van der Waals surface area contributed by atoms with Crippen molar-refractivity contribution in [2.75, 3.05) is 13.2 Å². The van der Waals surface area contributed by atoms with E-state index in [1.165, 1.54) is 173 Å². The summed E-state index contributed by atoms with van der Waals surface area (Å²) in [7, 11) is 0. The molecule has 6 nitrogen and oxygen atoms in total. The van der Waals surface area contributed by atoms with Gasteiger partial charge in [-0.1, -0.05) is 247 Å². The normalized spacial score (nSPS) is 12.1. The van der Waals surface area contributed by atoms with Crippen molar-refractivity contribution in [2.24, 2.45) is 11.8 Å². The lowest BCUT2D eigenvalue weighted by atomic mass is 10.0. The van der Waals surface area contributed by atoms with Crippen LogP contribution in [0.4, 0.5) is 0 Å². The zero-order valence-corrected chi connectivity index (χ0v) is 39.7. The second-order valence-corrected chi connectivity index (χ2v) is 18.8. The summed E-state index contributed by atoms with van der Waals surface area (Å²) >= 11 is 0. The first-order valence-corrected chi connectivity index (χ1v) is 25.7. The third-order valence-electron chi connectivity index (χ3n) is 11.7. The van der Waals surface area contributed by atoms with Crippen molar-refractivity contribution in [3.8, 4) is 0 Å². The third kappa shape index (κ3) is 45.5. The molecule has 0 aliphatic carbocycles. The molecule has 0 rings (SSSR count). The molecule has 0 saturated carbocycles. The van der Waals surface area contributed by atoms with Crippen LogP contribution in [-0.4, -0.2) is 37.2 Å². The van der Waals surface area contributed by atoms with Crippen LogP contribution in [0.25, 0.3) is 0 Å². The molecule has 0 heterocycles. The van der Waals surface area contributed by atoms with Gasteiger partial charge in [0, 0.05) is 19.3 Å². The van der Waals surface area contributed by atoms with Crippen molar-refractivity contribution in [3.63, 3.8) is 0 Å². The number of rotatable bonds is 46. The molecule has 58 heavy (non-hydrogen) atoms. The molecular weight excluding hydrogens is 721 g/mol. The summed E-state index contributed by atoms with van der Waals surface area (Å²) in [5.74, 6) is 0.774. The Hall–Kier alpha value is -1.59. The van der Waals surface area contributed by atoms with E-state index in [0.717, 1.165) is 69.6 Å². The quantitative estimate of drug-likeness (QED) is 0.0346. The van der Waals surface area contributed by atoms with Crippen molar-refractivity contribution in [1.82, 2.24) is 0 Å². The average Bonchev–Trinajstić information content (AvgIpc) is 3.19. The second-order valence-electron chi connectivity index (χ2n) is 18.8. The maximum atomic E-state index is 12.8. The Balaban J connectivity index is 4.31. The number of carbonyl (C=O) groups excluding carboxylic acids is 3. The molecule has 6 heteroatoms. The Morgan fingerprint density at radius 1 is 0.328 bits per heavy atom. The lowest BCUT2D eigenvalue weighted by Gasteiger charge is -2.18. The average molecular weight is 821 g/mol. The number of ether oxygens (including phenoxy) is 3. The predicted octanol–water partition coefficient (Wildman–Crippen LogP) is 16.5. The minimum atomic E-state index is -0.762. The zero-order chi connectivity index (χ0) is 42.6. The molecule has 0 spiro atoms. The highest BCUT2D eigenvalue weighted by Gasteiger charge is 2.19. The number of carbonyl (C=O) groups is 3. The smallest absolute Gasteiger partial charge is 0.306 e. The molecule has 0 radical (unpaired) electrons. The standard InChI is InChI=1S/C52H100O6/c1-6-7-8-9-10-11-12-13-14-15-16-22-27-32-37-42-50(53)56-45-49(58-52(55)44-39-34-29-24-19-21-26-31-36-41-48(4)5)46-57-51(54)43-38-33-28-23-18-17-20-25-30-35-40-47(2)3/h47-49H,6-46H2,1-5H3/t49-/m1/s1. The van der Waals surface area contributed by atoms with Crippen LogP contribution in [0.5, 0.6) is 0 Å². The first-order chi connectivity index (χ1) is 28.2. The highest BCUT2D eigenvalue weighted by Crippen LogP contribution is 2.17. The topological polar surface area (TPSA) is 78.9 Å². The van der Waals surface area contributed by atoms with Crippen LogP contribution in [-0.2, 0) is 28.6 Å². The fourth-order valence-electron chi connectivity index (χ4n) is 7.81. The summed E-state index contributed by atoms with van der Waals surface area (Å²) in [4.78, 5) is 37.9. The lowest BCUT2D eigenvalue weighted by molar-refractivity contribution is -0.167. The summed E-state index contributed by atoms with van der Waals surface area (Å²) in [6, 6.07) is 0. The molecule has 0 bridgehead atoms. The van der Waals surface area contributed by atoms with E-state index >= 15 is 0 Å². The molecule has 0 unspecified atom stereocenters. The summed E-state index contributed by atoms with van der Waals surface area (Å²) in [6.07, 6.45) is 45.2. The third-order valence-corrected chi connectivity index (χ3v) is 11.7. The first kappa shape index (κ1) is 56.4. The Kier molecular flexibility index (Phi) is 43.7. The van der Waals surface area contributed by atoms with E-state index in [9.17, 15) is 14.4 Å². The van der Waals surface area contributed by atoms with Crippen LogP contribution >= 0.6 is 0 Å². The lowest BCUT2D eigenvalue weighted by Crippen LogP contribution is -2.30. The molecule has 0 aliphatic heterocycles. The van der Waals surface area contributed by atoms with E-state index in [1.54, 1.807) is 0 Å². The van der Waals surface area contributed by atoms with E-state index in [1.807, 2.05) is 0 Å². The van der Waals surface area contributed by atoms with Crippen molar-refractivity contribution in [3.05, 3.63) is 0 Å². The molecule has 0 aliphatic rings. The van der Waals surface area contributed by atoms with Gasteiger partial charge in [-0.15, -0.1) is 0 Å². The van der Waals surface area contributed by atoms with Crippen LogP contribution in [0.15, 0.2) is 0 Å². The van der Waals surface area contributed by atoms with E-state index in [2.05, 4.69) is 34.6 Å². The molecule has 0 aromatic heterocycles. The fraction of sp³-hybridized carbons (Fsp3) is 0.942. The Morgan fingerprint density at radius 3 is 0.845 bits per heavy atom. The minimum absolute atomic E-state index is 0.0640. The van der Waals surface area contributed by atoms with Gasteiger partial charge in [-0.2, -0.15) is 0 Å². The van der Waals surface area contributed by atoms with Crippen LogP contribution in [0.1, 0.15) is 285 Å². The zero-order valence-electron chi connectivity index (χ0n) is 39.7. The number of esters is 3. The minimum Gasteiger partial charge on any atom is -0.462 e. The highest BCUT2D eigenvalue weighted by molar-refractivity contribution is 5.71. The molecule has 0 aromatic rings. The largest absolute Gasteiger partial charge is 0.462 e. The summed E-state index contributed by atoms with van der Waals surface area (Å²) < 4.78 is 16.8. The first-order valence-electron chi connectivity index (χ1n) is 25.7. The van der Waals surface area contributed by atoms with Gasteiger partial charge in [0.25, 0.3) is 0 Å². The molecule has 0 aromatic carbocycles. The van der Waals surface area contributed by atoms with E-state index in [4.69, 9.17) is 14.2 Å². The maximum absolute atomic E-state index is 12.8. The number of unbranched alkanes of at least 4 members (excludes halogenated alkanes) is 31. The van der Waals surface area contributed by atoms with Gasteiger partial charge in [0.15, 0.2) is 6.10 Å². The van der Waals surface area contributed by atoms with Crippen LogP contribution in [0.2, 0.25) is 0 Å². The summed E-state index contributed by atoms with van der Waals surface area (Å²) in [5, 5.41) is 0. The van der Waals surface area contributed by atoms with Crippen molar-refractivity contribution in [1.29, 1.82) is 0 Å². The van der Waals surface area contributed by atoms with Gasteiger partial charge < -0.3 is 14.2 Å². The molecule has 0 fully saturated rings. The monoisotopic (exact) mass is 821 g/mol. The Bertz CT molecular complexity index is 885. The van der Waals surface area contributed by atoms with Crippen molar-refractivity contribution in [2.45, 2.75) is 291 Å². The number of hydrogen-bond donors (Lipinski definition) is 0. The van der Waals surface area contributed by atoms with Gasteiger partial charge in [0.1, 0.15) is 13.2 Å². The Morgan fingerprint density at radius 2 is 0.569 bits per heavy atom. The van der Waals surface area contributed by atoms with Crippen molar-refractivity contribution < 1.29 is 28.6 Å². The van der Waals surface area contributed by atoms with E-state index < -0.39 is 6.10 Å². The molecule has 344 valence electrons. The molecule has 0 saturated heterocycles. The van der Waals surface area contributed by atoms with Crippen LogP contribution in [0, 0.1) is 11.8 Å². The molecule has 0 amide bonds. The summed E-state index contributed by atoms with van der Waals surface area (Å²) in [5.41, 5.74) is 0. The van der Waals surface area contributed by atoms with Gasteiger partial charge in [-0.25, -0.2) is 0 Å². The van der Waals surface area contributed by atoms with Gasteiger partial charge in [-0.05, 0) is 31.1 Å². The Labute approximate surface area is 361 Å². The van der Waals surface area contributed by atoms with Crippen molar-refractivity contribution >= 4 is 17.9 Å². The van der Waals surface area contributed by atoms with Gasteiger partial charge in [0.05, 0.1) is 0 Å². The molecular formula is C52H100O6. The fourth-order valence-corrected chi connectivity index (χ4v) is 7.81. The second kappa shape index (κ2) is 44.9.